The lowest BCUT2D eigenvalue weighted by atomic mass is 10.0. The molecule has 4 rings (SSSR count). The molecule has 0 bridgehead atoms. The second kappa shape index (κ2) is 8.78. The standard InChI is InChI=1S/C23H29FN4O3/c1-3-27-14-17(23(30)31)21(29)16-12-18(24)19(13-20(16)27)25-22(15-6-4-5-7-15)28-10-8-26(2)9-11-28/h12-15H,3-11H2,1-2H3,(H,30,31). The molecule has 7 nitrogen and oxygen atoms in total. The molecule has 1 aromatic heterocycles. The molecule has 2 fully saturated rings. The summed E-state index contributed by atoms with van der Waals surface area (Å²) in [5, 5.41) is 9.40. The average molecular weight is 429 g/mol. The molecule has 0 atom stereocenters. The van der Waals surface area contributed by atoms with Gasteiger partial charge in [-0.05, 0) is 38.9 Å². The Balaban J connectivity index is 1.83. The van der Waals surface area contributed by atoms with Crippen LogP contribution in [0.5, 0.6) is 0 Å². The van der Waals surface area contributed by atoms with E-state index in [-0.39, 0.29) is 16.6 Å². The first-order valence-electron chi connectivity index (χ1n) is 11.0. The first kappa shape index (κ1) is 21.5. The number of carbonyl (C=O) groups is 1. The van der Waals surface area contributed by atoms with Gasteiger partial charge in [-0.2, -0.15) is 0 Å². The molecular weight excluding hydrogens is 399 g/mol. The van der Waals surface area contributed by atoms with E-state index < -0.39 is 17.2 Å². The van der Waals surface area contributed by atoms with Crippen molar-refractivity contribution >= 4 is 28.4 Å². The molecule has 0 unspecified atom stereocenters. The minimum atomic E-state index is -1.31. The van der Waals surface area contributed by atoms with E-state index in [1.54, 1.807) is 10.6 Å². The average Bonchev–Trinajstić information content (AvgIpc) is 3.28. The Kier molecular flexibility index (Phi) is 6.09. The number of aromatic carboxylic acids is 1. The van der Waals surface area contributed by atoms with E-state index in [9.17, 15) is 14.7 Å². The molecule has 0 spiro atoms. The van der Waals surface area contributed by atoms with Gasteiger partial charge < -0.3 is 19.5 Å². The second-order valence-corrected chi connectivity index (χ2v) is 8.53. The number of hydrogen-bond acceptors (Lipinski definition) is 4. The Morgan fingerprint density at radius 3 is 2.48 bits per heavy atom. The number of carboxylic acids is 1. The van der Waals surface area contributed by atoms with Crippen molar-refractivity contribution in [2.24, 2.45) is 10.9 Å². The van der Waals surface area contributed by atoms with Crippen LogP contribution in [0, 0.1) is 11.7 Å². The van der Waals surface area contributed by atoms with Crippen LogP contribution >= 0.6 is 0 Å². The molecule has 1 aliphatic carbocycles. The number of nitrogens with zero attached hydrogens (tertiary/aromatic N) is 4. The monoisotopic (exact) mass is 428 g/mol. The van der Waals surface area contributed by atoms with Gasteiger partial charge in [-0.1, -0.05) is 12.8 Å². The summed E-state index contributed by atoms with van der Waals surface area (Å²) < 4.78 is 16.8. The quantitative estimate of drug-likeness (QED) is 0.597. The van der Waals surface area contributed by atoms with Crippen molar-refractivity contribution < 1.29 is 14.3 Å². The van der Waals surface area contributed by atoms with Crippen molar-refractivity contribution in [1.29, 1.82) is 0 Å². The molecule has 0 radical (unpaired) electrons. The van der Waals surface area contributed by atoms with Gasteiger partial charge in [0.25, 0.3) is 0 Å². The third-order valence-corrected chi connectivity index (χ3v) is 6.50. The molecule has 0 amide bonds. The maximum absolute atomic E-state index is 15.1. The number of aryl methyl sites for hydroxylation is 1. The van der Waals surface area contributed by atoms with Crippen molar-refractivity contribution in [1.82, 2.24) is 14.4 Å². The van der Waals surface area contributed by atoms with Crippen LogP contribution in [-0.4, -0.2) is 64.5 Å². The zero-order chi connectivity index (χ0) is 22.1. The van der Waals surface area contributed by atoms with Gasteiger partial charge in [0.2, 0.25) is 5.43 Å². The number of pyridine rings is 1. The van der Waals surface area contributed by atoms with Crippen molar-refractivity contribution in [2.75, 3.05) is 33.2 Å². The molecule has 31 heavy (non-hydrogen) atoms. The summed E-state index contributed by atoms with van der Waals surface area (Å²) in [4.78, 5) is 33.4. The number of benzene rings is 1. The highest BCUT2D eigenvalue weighted by Crippen LogP contribution is 2.31. The summed E-state index contributed by atoms with van der Waals surface area (Å²) in [5.41, 5.74) is -0.314. The van der Waals surface area contributed by atoms with Crippen LogP contribution in [0.4, 0.5) is 10.1 Å². The molecule has 2 heterocycles. The van der Waals surface area contributed by atoms with Crippen molar-refractivity contribution in [2.45, 2.75) is 39.2 Å². The molecule has 1 saturated carbocycles. The van der Waals surface area contributed by atoms with Crippen molar-refractivity contribution in [3.63, 3.8) is 0 Å². The van der Waals surface area contributed by atoms with E-state index in [0.717, 1.165) is 63.8 Å². The molecule has 2 aromatic rings. The predicted molar refractivity (Wildman–Crippen MR) is 119 cm³/mol. The van der Waals surface area contributed by atoms with Crippen LogP contribution in [0.2, 0.25) is 0 Å². The summed E-state index contributed by atoms with van der Waals surface area (Å²) >= 11 is 0. The topological polar surface area (TPSA) is 78.1 Å². The van der Waals surface area contributed by atoms with Gasteiger partial charge in [-0.3, -0.25) is 4.79 Å². The molecule has 1 N–H and O–H groups in total. The molecule has 166 valence electrons. The summed E-state index contributed by atoms with van der Waals surface area (Å²) in [6.07, 6.45) is 5.76. The van der Waals surface area contributed by atoms with Crippen LogP contribution in [0.1, 0.15) is 43.0 Å². The number of hydrogen-bond donors (Lipinski definition) is 1. The smallest absolute Gasteiger partial charge is 0.341 e. The van der Waals surface area contributed by atoms with E-state index in [4.69, 9.17) is 4.99 Å². The van der Waals surface area contributed by atoms with E-state index in [1.807, 2.05) is 6.92 Å². The van der Waals surface area contributed by atoms with Crippen LogP contribution in [-0.2, 0) is 6.54 Å². The number of rotatable bonds is 4. The van der Waals surface area contributed by atoms with Gasteiger partial charge >= 0.3 is 5.97 Å². The number of amidine groups is 1. The highest BCUT2D eigenvalue weighted by molar-refractivity contribution is 5.94. The SMILES string of the molecule is CCn1cc(C(=O)O)c(=O)c2cc(F)c(N=C(C3CCCC3)N3CCN(C)CC3)cc21. The summed E-state index contributed by atoms with van der Waals surface area (Å²) in [6, 6.07) is 2.73. The highest BCUT2D eigenvalue weighted by atomic mass is 19.1. The third-order valence-electron chi connectivity index (χ3n) is 6.50. The predicted octanol–water partition coefficient (Wildman–Crippen LogP) is 3.33. The van der Waals surface area contributed by atoms with Gasteiger partial charge in [0, 0.05) is 50.2 Å². The minimum absolute atomic E-state index is 0.0696. The largest absolute Gasteiger partial charge is 0.477 e. The zero-order valence-electron chi connectivity index (χ0n) is 18.1. The molecule has 1 aliphatic heterocycles. The van der Waals surface area contributed by atoms with Crippen molar-refractivity contribution in [3.05, 3.63) is 39.9 Å². The summed E-state index contributed by atoms with van der Waals surface area (Å²) in [5.74, 6) is -0.646. The van der Waals surface area contributed by atoms with Crippen LogP contribution in [0.3, 0.4) is 0 Å². The fourth-order valence-corrected chi connectivity index (χ4v) is 4.66. The van der Waals surface area contributed by atoms with E-state index >= 15 is 4.39 Å². The lowest BCUT2D eigenvalue weighted by molar-refractivity contribution is 0.0695. The van der Waals surface area contributed by atoms with Gasteiger partial charge in [-0.15, -0.1) is 0 Å². The van der Waals surface area contributed by atoms with E-state index in [2.05, 4.69) is 16.8 Å². The number of carboxylic acid groups (broad SMARTS) is 1. The second-order valence-electron chi connectivity index (χ2n) is 8.53. The third kappa shape index (κ3) is 4.21. The van der Waals surface area contributed by atoms with Crippen LogP contribution in [0.25, 0.3) is 10.9 Å². The molecule has 1 aromatic carbocycles. The fourth-order valence-electron chi connectivity index (χ4n) is 4.66. The summed E-state index contributed by atoms with van der Waals surface area (Å²) in [6.45, 7) is 5.93. The maximum Gasteiger partial charge on any atom is 0.341 e. The Hall–Kier alpha value is -2.74. The Labute approximate surface area is 180 Å². The molecular formula is C23H29FN4O3. The summed E-state index contributed by atoms with van der Waals surface area (Å²) in [7, 11) is 2.10. The number of halogens is 1. The number of aliphatic imine (C=N–C) groups is 1. The molecule has 2 aliphatic rings. The number of aromatic nitrogens is 1. The van der Waals surface area contributed by atoms with Gasteiger partial charge in [0.05, 0.1) is 5.52 Å². The highest BCUT2D eigenvalue weighted by Gasteiger charge is 2.28. The number of fused-ring (bicyclic) bond motifs is 1. The normalized spacial score (nSPS) is 18.8. The maximum atomic E-state index is 15.1. The first-order valence-corrected chi connectivity index (χ1v) is 11.0. The first-order chi connectivity index (χ1) is 14.9. The molecule has 8 heteroatoms. The zero-order valence-corrected chi connectivity index (χ0v) is 18.1. The van der Waals surface area contributed by atoms with Crippen LogP contribution in [0.15, 0.2) is 28.1 Å². The van der Waals surface area contributed by atoms with Gasteiger partial charge in [0.15, 0.2) is 0 Å². The minimum Gasteiger partial charge on any atom is -0.477 e. The van der Waals surface area contributed by atoms with E-state index in [1.165, 1.54) is 6.20 Å². The fraction of sp³-hybridized carbons (Fsp3) is 0.522. The Morgan fingerprint density at radius 1 is 1.19 bits per heavy atom. The number of piperazine rings is 1. The number of likely N-dealkylation sites (N-methyl/N-ethyl adjacent to an activating group) is 1. The van der Waals surface area contributed by atoms with Gasteiger partial charge in [0.1, 0.15) is 22.9 Å². The Bertz CT molecular complexity index is 1080. The van der Waals surface area contributed by atoms with Crippen molar-refractivity contribution in [3.8, 4) is 0 Å². The van der Waals surface area contributed by atoms with Gasteiger partial charge in [-0.25, -0.2) is 14.2 Å². The Morgan fingerprint density at radius 2 is 1.87 bits per heavy atom. The lowest BCUT2D eigenvalue weighted by Crippen LogP contribution is -2.48. The van der Waals surface area contributed by atoms with Crippen LogP contribution < -0.4 is 5.43 Å². The lowest BCUT2D eigenvalue weighted by Gasteiger charge is -2.36. The van der Waals surface area contributed by atoms with E-state index in [0.29, 0.717) is 18.0 Å². The molecule has 1 saturated heterocycles.